The van der Waals surface area contributed by atoms with Gasteiger partial charge in [-0.25, -0.2) is 0 Å². The molecule has 0 amide bonds. The van der Waals surface area contributed by atoms with E-state index < -0.39 is 0 Å². The first-order chi connectivity index (χ1) is 4.09. The van der Waals surface area contributed by atoms with E-state index in [9.17, 15) is 0 Å². The average Bonchev–Trinajstić information content (AvgIpc) is 1.64. The molecule has 0 bridgehead atoms. The van der Waals surface area contributed by atoms with Crippen LogP contribution in [-0.4, -0.2) is 5.71 Å². The Bertz CT molecular complexity index is 132. The van der Waals surface area contributed by atoms with Crippen molar-refractivity contribution in [2.45, 2.75) is 27.7 Å². The molecule has 0 aromatic rings. The third-order valence-electron chi connectivity index (χ3n) is 1.37. The van der Waals surface area contributed by atoms with Crippen molar-refractivity contribution in [1.82, 2.24) is 0 Å². The minimum atomic E-state index is 0.493. The van der Waals surface area contributed by atoms with Crippen LogP contribution in [-0.2, 0) is 0 Å². The smallest absolute Gasteiger partial charge is 0.0314 e. The molecule has 0 aliphatic rings. The summed E-state index contributed by atoms with van der Waals surface area (Å²) < 4.78 is 0. The summed E-state index contributed by atoms with van der Waals surface area (Å²) in [7, 11) is 0. The molecule has 0 heterocycles. The topological polar surface area (TPSA) is 23.9 Å². The van der Waals surface area contributed by atoms with E-state index in [-0.39, 0.29) is 0 Å². The second-order valence-corrected chi connectivity index (χ2v) is 2.52. The zero-order chi connectivity index (χ0) is 7.44. The molecule has 0 saturated carbocycles. The van der Waals surface area contributed by atoms with Crippen LogP contribution in [0.25, 0.3) is 0 Å². The Hall–Kier alpha value is -0.590. The van der Waals surface area contributed by atoms with Crippen molar-refractivity contribution >= 4 is 5.71 Å². The van der Waals surface area contributed by atoms with Crippen LogP contribution in [0, 0.1) is 11.3 Å². The number of nitrogens with one attached hydrogen (secondary N) is 1. The number of hydrogen-bond acceptors (Lipinski definition) is 1. The van der Waals surface area contributed by atoms with Crippen molar-refractivity contribution in [3.05, 3.63) is 11.6 Å². The van der Waals surface area contributed by atoms with Crippen LogP contribution < -0.4 is 0 Å². The maximum Gasteiger partial charge on any atom is 0.0314 e. The van der Waals surface area contributed by atoms with Crippen molar-refractivity contribution in [3.8, 4) is 0 Å². The fraction of sp³-hybridized carbons (Fsp3) is 0.625. The van der Waals surface area contributed by atoms with Gasteiger partial charge in [0, 0.05) is 5.71 Å². The van der Waals surface area contributed by atoms with Crippen LogP contribution in [0.15, 0.2) is 11.6 Å². The van der Waals surface area contributed by atoms with Crippen LogP contribution in [0.4, 0.5) is 0 Å². The highest BCUT2D eigenvalue weighted by Crippen LogP contribution is 2.09. The van der Waals surface area contributed by atoms with E-state index in [1.807, 2.05) is 19.9 Å². The SMILES string of the molecule is C/C=C(/C(C)=N)C(C)C. The second kappa shape index (κ2) is 3.44. The van der Waals surface area contributed by atoms with Crippen LogP contribution in [0.2, 0.25) is 0 Å². The third-order valence-corrected chi connectivity index (χ3v) is 1.37. The highest BCUT2D eigenvalue weighted by molar-refractivity contribution is 5.95. The summed E-state index contributed by atoms with van der Waals surface area (Å²) in [5, 5.41) is 7.31. The maximum atomic E-state index is 7.31. The summed E-state index contributed by atoms with van der Waals surface area (Å²) in [6.07, 6.45) is 2.01. The van der Waals surface area contributed by atoms with Gasteiger partial charge in [0.2, 0.25) is 0 Å². The lowest BCUT2D eigenvalue weighted by molar-refractivity contribution is 0.798. The van der Waals surface area contributed by atoms with Crippen molar-refractivity contribution in [2.75, 3.05) is 0 Å². The van der Waals surface area contributed by atoms with Gasteiger partial charge in [0.25, 0.3) is 0 Å². The monoisotopic (exact) mass is 125 g/mol. The van der Waals surface area contributed by atoms with E-state index in [0.717, 1.165) is 5.57 Å². The number of hydrogen-bond donors (Lipinski definition) is 1. The molecular weight excluding hydrogens is 110 g/mol. The zero-order valence-corrected chi connectivity index (χ0v) is 6.65. The normalized spacial score (nSPS) is 12.3. The summed E-state index contributed by atoms with van der Waals surface area (Å²) in [4.78, 5) is 0. The molecule has 0 rings (SSSR count). The molecule has 0 aliphatic carbocycles. The van der Waals surface area contributed by atoms with Crippen molar-refractivity contribution in [1.29, 1.82) is 5.41 Å². The molecule has 0 spiro atoms. The lowest BCUT2D eigenvalue weighted by Crippen LogP contribution is -2.02. The highest BCUT2D eigenvalue weighted by Gasteiger charge is 2.01. The molecule has 1 N–H and O–H groups in total. The molecule has 0 aliphatic heterocycles. The predicted molar refractivity (Wildman–Crippen MR) is 42.0 cm³/mol. The van der Waals surface area contributed by atoms with E-state index in [1.165, 1.54) is 0 Å². The molecule has 9 heavy (non-hydrogen) atoms. The van der Waals surface area contributed by atoms with Gasteiger partial charge < -0.3 is 5.41 Å². The predicted octanol–water partition coefficient (Wildman–Crippen LogP) is 2.63. The Morgan fingerprint density at radius 3 is 1.89 bits per heavy atom. The van der Waals surface area contributed by atoms with Gasteiger partial charge in [0.05, 0.1) is 0 Å². The maximum absolute atomic E-state index is 7.31. The van der Waals surface area contributed by atoms with Crippen molar-refractivity contribution in [3.63, 3.8) is 0 Å². The van der Waals surface area contributed by atoms with Crippen molar-refractivity contribution < 1.29 is 0 Å². The molecule has 52 valence electrons. The average molecular weight is 125 g/mol. The standard InChI is InChI=1S/C8H15N/c1-5-8(6(2)3)7(4)9/h5-6,9H,1-4H3/b8-5+,9-7?. The lowest BCUT2D eigenvalue weighted by Gasteiger charge is -2.07. The quantitative estimate of drug-likeness (QED) is 0.548. The Morgan fingerprint density at radius 1 is 1.44 bits per heavy atom. The van der Waals surface area contributed by atoms with E-state index >= 15 is 0 Å². The van der Waals surface area contributed by atoms with E-state index in [2.05, 4.69) is 13.8 Å². The Kier molecular flexibility index (Phi) is 3.21. The van der Waals surface area contributed by atoms with Crippen molar-refractivity contribution in [2.24, 2.45) is 5.92 Å². The van der Waals surface area contributed by atoms with Gasteiger partial charge in [0.1, 0.15) is 0 Å². The molecule has 1 nitrogen and oxygen atoms in total. The van der Waals surface area contributed by atoms with E-state index in [0.29, 0.717) is 11.6 Å². The molecule has 0 radical (unpaired) electrons. The summed E-state index contributed by atoms with van der Waals surface area (Å²) in [6, 6.07) is 0. The number of rotatable bonds is 2. The fourth-order valence-corrected chi connectivity index (χ4v) is 0.983. The summed E-state index contributed by atoms with van der Waals surface area (Å²) in [6.45, 7) is 8.02. The Balaban J connectivity index is 4.19. The van der Waals surface area contributed by atoms with Crippen LogP contribution in [0.1, 0.15) is 27.7 Å². The molecule has 0 atom stereocenters. The van der Waals surface area contributed by atoms with Gasteiger partial charge in [-0.15, -0.1) is 0 Å². The molecule has 0 aromatic heterocycles. The van der Waals surface area contributed by atoms with Gasteiger partial charge in [-0.05, 0) is 25.3 Å². The van der Waals surface area contributed by atoms with E-state index in [4.69, 9.17) is 5.41 Å². The first kappa shape index (κ1) is 8.41. The van der Waals surface area contributed by atoms with Gasteiger partial charge in [-0.3, -0.25) is 0 Å². The Morgan fingerprint density at radius 2 is 1.89 bits per heavy atom. The molecule has 0 fully saturated rings. The molecule has 0 saturated heterocycles. The minimum Gasteiger partial charge on any atom is -0.305 e. The summed E-state index contributed by atoms with van der Waals surface area (Å²) in [5.41, 5.74) is 1.84. The zero-order valence-electron chi connectivity index (χ0n) is 6.65. The van der Waals surface area contributed by atoms with Gasteiger partial charge in [-0.1, -0.05) is 19.9 Å². The summed E-state index contributed by atoms with van der Waals surface area (Å²) in [5.74, 6) is 0.493. The lowest BCUT2D eigenvalue weighted by atomic mass is 9.99. The van der Waals surface area contributed by atoms with Gasteiger partial charge >= 0.3 is 0 Å². The van der Waals surface area contributed by atoms with Crippen LogP contribution in [0.3, 0.4) is 0 Å². The molecule has 1 heteroatoms. The van der Waals surface area contributed by atoms with Gasteiger partial charge in [0.15, 0.2) is 0 Å². The minimum absolute atomic E-state index is 0.493. The summed E-state index contributed by atoms with van der Waals surface area (Å²) >= 11 is 0. The largest absolute Gasteiger partial charge is 0.305 e. The van der Waals surface area contributed by atoms with Gasteiger partial charge in [-0.2, -0.15) is 0 Å². The Labute approximate surface area is 57.3 Å². The molecule has 0 aromatic carbocycles. The molecule has 0 unspecified atom stereocenters. The fourth-order valence-electron chi connectivity index (χ4n) is 0.983. The van der Waals surface area contributed by atoms with E-state index in [1.54, 1.807) is 0 Å². The first-order valence-corrected chi connectivity index (χ1v) is 3.31. The van der Waals surface area contributed by atoms with Crippen LogP contribution in [0.5, 0.6) is 0 Å². The number of allylic oxidation sites excluding steroid dienone is 2. The third kappa shape index (κ3) is 2.45. The van der Waals surface area contributed by atoms with Crippen LogP contribution >= 0.6 is 0 Å². The molecular formula is C8H15N. The highest BCUT2D eigenvalue weighted by atomic mass is 14.4. The first-order valence-electron chi connectivity index (χ1n) is 3.31. The second-order valence-electron chi connectivity index (χ2n) is 2.52.